The molecule has 0 spiro atoms. The average Bonchev–Trinajstić information content (AvgIpc) is 2.84. The molecule has 0 N–H and O–H groups in total. The second-order valence-electron chi connectivity index (χ2n) is 3.99. The van der Waals surface area contributed by atoms with Crippen LogP contribution in [0.2, 0.25) is 0 Å². The number of hydrogen-bond acceptors (Lipinski definition) is 2. The van der Waals surface area contributed by atoms with Crippen LogP contribution in [0.25, 0.3) is 11.3 Å². The fourth-order valence-electron chi connectivity index (χ4n) is 2.35. The van der Waals surface area contributed by atoms with Crippen molar-refractivity contribution in [1.29, 1.82) is 0 Å². The van der Waals surface area contributed by atoms with Crippen LogP contribution in [-0.4, -0.2) is 14.8 Å². The van der Waals surface area contributed by atoms with E-state index in [1.54, 1.807) is 6.20 Å². The summed E-state index contributed by atoms with van der Waals surface area (Å²) in [5.41, 5.74) is 5.08. The molecule has 2 aromatic heterocycles. The summed E-state index contributed by atoms with van der Waals surface area (Å²) in [6, 6.07) is 4.04. The van der Waals surface area contributed by atoms with E-state index < -0.39 is 0 Å². The second-order valence-corrected chi connectivity index (χ2v) is 3.99. The van der Waals surface area contributed by atoms with Gasteiger partial charge in [-0.25, -0.2) is 0 Å². The van der Waals surface area contributed by atoms with Gasteiger partial charge in [0.05, 0.1) is 5.69 Å². The normalized spacial score (nSPS) is 14.2. The van der Waals surface area contributed by atoms with E-state index in [-0.39, 0.29) is 0 Å². The molecule has 0 radical (unpaired) electrons. The fraction of sp³-hybridized carbons (Fsp3) is 0.333. The lowest BCUT2D eigenvalue weighted by atomic mass is 10.1. The quantitative estimate of drug-likeness (QED) is 0.703. The van der Waals surface area contributed by atoms with Gasteiger partial charge in [-0.3, -0.25) is 9.67 Å². The fourth-order valence-corrected chi connectivity index (χ4v) is 2.35. The van der Waals surface area contributed by atoms with Gasteiger partial charge in [0.2, 0.25) is 0 Å². The smallest absolute Gasteiger partial charge is 0.0973 e. The van der Waals surface area contributed by atoms with Crippen LogP contribution in [0.3, 0.4) is 0 Å². The van der Waals surface area contributed by atoms with Crippen molar-refractivity contribution in [3.63, 3.8) is 0 Å². The van der Waals surface area contributed by atoms with Gasteiger partial charge in [0.1, 0.15) is 0 Å². The summed E-state index contributed by atoms with van der Waals surface area (Å²) in [6.07, 6.45) is 7.27. The van der Waals surface area contributed by atoms with Crippen LogP contribution in [0.5, 0.6) is 0 Å². The van der Waals surface area contributed by atoms with Gasteiger partial charge in [0.25, 0.3) is 0 Å². The Balaban J connectivity index is 2.18. The van der Waals surface area contributed by atoms with Crippen molar-refractivity contribution in [3.05, 3.63) is 35.8 Å². The molecule has 0 saturated carbocycles. The molecule has 0 fully saturated rings. The monoisotopic (exact) mass is 199 g/mol. The summed E-state index contributed by atoms with van der Waals surface area (Å²) in [4.78, 5) is 4.15. The van der Waals surface area contributed by atoms with E-state index >= 15 is 0 Å². The first-order chi connectivity index (χ1) is 7.36. The maximum absolute atomic E-state index is 4.58. The molecule has 76 valence electrons. The van der Waals surface area contributed by atoms with Crippen LogP contribution in [0.4, 0.5) is 0 Å². The van der Waals surface area contributed by atoms with Crippen LogP contribution < -0.4 is 0 Å². The van der Waals surface area contributed by atoms with E-state index in [0.717, 1.165) is 17.7 Å². The summed E-state index contributed by atoms with van der Waals surface area (Å²) >= 11 is 0. The van der Waals surface area contributed by atoms with Gasteiger partial charge in [-0.1, -0.05) is 0 Å². The zero-order valence-corrected chi connectivity index (χ0v) is 8.77. The van der Waals surface area contributed by atoms with E-state index in [9.17, 15) is 0 Å². The van der Waals surface area contributed by atoms with Gasteiger partial charge in [-0.05, 0) is 31.4 Å². The van der Waals surface area contributed by atoms with Gasteiger partial charge in [-0.2, -0.15) is 5.10 Å². The SMILES string of the molecule is Cn1nc(-c2cccnc2)c2c1CCC2. The van der Waals surface area contributed by atoms with Gasteiger partial charge in [0, 0.05) is 36.3 Å². The first-order valence-corrected chi connectivity index (χ1v) is 5.31. The van der Waals surface area contributed by atoms with Crippen LogP contribution in [-0.2, 0) is 19.9 Å². The topological polar surface area (TPSA) is 30.7 Å². The van der Waals surface area contributed by atoms with Crippen molar-refractivity contribution < 1.29 is 0 Å². The van der Waals surface area contributed by atoms with Crippen LogP contribution >= 0.6 is 0 Å². The Kier molecular flexibility index (Phi) is 1.84. The second kappa shape index (κ2) is 3.19. The first kappa shape index (κ1) is 8.65. The number of aromatic nitrogens is 3. The van der Waals surface area contributed by atoms with Crippen LogP contribution in [0, 0.1) is 0 Å². The molecule has 3 rings (SSSR count). The molecule has 0 amide bonds. The minimum absolute atomic E-state index is 1.12. The molecule has 1 aliphatic rings. The van der Waals surface area contributed by atoms with Crippen molar-refractivity contribution in [3.8, 4) is 11.3 Å². The Morgan fingerprint density at radius 3 is 3.07 bits per heavy atom. The van der Waals surface area contributed by atoms with Crippen molar-refractivity contribution in [1.82, 2.24) is 14.8 Å². The standard InChI is InChI=1S/C12H13N3/c1-15-11-6-2-5-10(11)12(14-15)9-4-3-7-13-8-9/h3-4,7-8H,2,5-6H2,1H3. The third-order valence-electron chi connectivity index (χ3n) is 3.05. The third-order valence-corrected chi connectivity index (χ3v) is 3.05. The van der Waals surface area contributed by atoms with Crippen molar-refractivity contribution >= 4 is 0 Å². The zero-order chi connectivity index (χ0) is 10.3. The highest BCUT2D eigenvalue weighted by Crippen LogP contribution is 2.30. The Morgan fingerprint density at radius 2 is 2.27 bits per heavy atom. The maximum Gasteiger partial charge on any atom is 0.0973 e. The molecule has 1 aliphatic carbocycles. The molecule has 0 aliphatic heterocycles. The highest BCUT2D eigenvalue weighted by molar-refractivity contribution is 5.63. The molecule has 0 bridgehead atoms. The van der Waals surface area contributed by atoms with Gasteiger partial charge < -0.3 is 0 Å². The number of aryl methyl sites for hydroxylation is 1. The van der Waals surface area contributed by atoms with E-state index in [0.29, 0.717) is 0 Å². The Bertz CT molecular complexity index is 485. The average molecular weight is 199 g/mol. The predicted molar refractivity (Wildman–Crippen MR) is 58.5 cm³/mol. The maximum atomic E-state index is 4.58. The molecule has 0 atom stereocenters. The molecule has 15 heavy (non-hydrogen) atoms. The highest BCUT2D eigenvalue weighted by atomic mass is 15.3. The number of rotatable bonds is 1. The van der Waals surface area contributed by atoms with E-state index in [4.69, 9.17) is 0 Å². The Hall–Kier alpha value is -1.64. The van der Waals surface area contributed by atoms with Crippen molar-refractivity contribution in [2.75, 3.05) is 0 Å². The lowest BCUT2D eigenvalue weighted by Gasteiger charge is -1.97. The lowest BCUT2D eigenvalue weighted by molar-refractivity contribution is 0.709. The van der Waals surface area contributed by atoms with E-state index in [1.165, 1.54) is 24.1 Å². The van der Waals surface area contributed by atoms with Crippen LogP contribution in [0.1, 0.15) is 17.7 Å². The number of hydrogen-bond donors (Lipinski definition) is 0. The van der Waals surface area contributed by atoms with Gasteiger partial charge in [0.15, 0.2) is 0 Å². The summed E-state index contributed by atoms with van der Waals surface area (Å²) in [7, 11) is 2.03. The highest BCUT2D eigenvalue weighted by Gasteiger charge is 2.21. The Morgan fingerprint density at radius 1 is 1.33 bits per heavy atom. The zero-order valence-electron chi connectivity index (χ0n) is 8.77. The van der Waals surface area contributed by atoms with Crippen molar-refractivity contribution in [2.45, 2.75) is 19.3 Å². The molecule has 0 unspecified atom stereocenters. The Labute approximate surface area is 88.8 Å². The third kappa shape index (κ3) is 1.27. The summed E-state index contributed by atoms with van der Waals surface area (Å²) in [5.74, 6) is 0. The van der Waals surface area contributed by atoms with E-state index in [2.05, 4.69) is 16.1 Å². The molecule has 3 nitrogen and oxygen atoms in total. The van der Waals surface area contributed by atoms with Crippen molar-refractivity contribution in [2.24, 2.45) is 7.05 Å². The predicted octanol–water partition coefficient (Wildman–Crippen LogP) is 1.97. The van der Waals surface area contributed by atoms with Crippen LogP contribution in [0.15, 0.2) is 24.5 Å². The van der Waals surface area contributed by atoms with E-state index in [1.807, 2.05) is 24.0 Å². The molecule has 3 heteroatoms. The first-order valence-electron chi connectivity index (χ1n) is 5.31. The summed E-state index contributed by atoms with van der Waals surface area (Å²) in [5, 5.41) is 4.58. The minimum Gasteiger partial charge on any atom is -0.272 e. The minimum atomic E-state index is 1.12. The van der Waals surface area contributed by atoms with Gasteiger partial charge in [-0.15, -0.1) is 0 Å². The number of pyridine rings is 1. The summed E-state index contributed by atoms with van der Waals surface area (Å²) < 4.78 is 2.02. The molecule has 0 saturated heterocycles. The number of fused-ring (bicyclic) bond motifs is 1. The molecule has 2 heterocycles. The molecule has 0 aromatic carbocycles. The molecular weight excluding hydrogens is 186 g/mol. The molecule has 2 aromatic rings. The number of nitrogens with zero attached hydrogens (tertiary/aromatic N) is 3. The summed E-state index contributed by atoms with van der Waals surface area (Å²) in [6.45, 7) is 0. The largest absolute Gasteiger partial charge is 0.272 e. The molecular formula is C12H13N3. The lowest BCUT2D eigenvalue weighted by Crippen LogP contribution is -1.95. The van der Waals surface area contributed by atoms with Gasteiger partial charge >= 0.3 is 0 Å².